The molecule has 1 nitrogen and oxygen atoms in total. The fourth-order valence-corrected chi connectivity index (χ4v) is 2.85. The molecule has 1 heterocycles. The number of rotatable bonds is 5. The van der Waals surface area contributed by atoms with Crippen LogP contribution in [0.3, 0.4) is 0 Å². The van der Waals surface area contributed by atoms with Crippen molar-refractivity contribution < 1.29 is 0 Å². The number of benzene rings is 1. The van der Waals surface area contributed by atoms with Crippen molar-refractivity contribution in [3.05, 3.63) is 29.8 Å². The first-order valence-electron chi connectivity index (χ1n) is 7.67. The highest BCUT2D eigenvalue weighted by Crippen LogP contribution is 2.25. The zero-order valence-corrected chi connectivity index (χ0v) is 12.0. The molecule has 100 valence electrons. The fourth-order valence-electron chi connectivity index (χ4n) is 2.85. The number of anilines is 1. The van der Waals surface area contributed by atoms with Gasteiger partial charge < -0.3 is 4.90 Å². The molecular formula is C17H27N. The fraction of sp³-hybridized carbons (Fsp3) is 0.647. The van der Waals surface area contributed by atoms with Gasteiger partial charge in [-0.15, -0.1) is 0 Å². The summed E-state index contributed by atoms with van der Waals surface area (Å²) < 4.78 is 0. The SMILES string of the molecule is CCCCc1ccc(N2CCC(CC)CC2)cc1. The molecule has 0 N–H and O–H groups in total. The lowest BCUT2D eigenvalue weighted by atomic mass is 9.94. The number of hydrogen-bond acceptors (Lipinski definition) is 1. The van der Waals surface area contributed by atoms with E-state index in [4.69, 9.17) is 0 Å². The van der Waals surface area contributed by atoms with Crippen molar-refractivity contribution in [2.24, 2.45) is 5.92 Å². The highest BCUT2D eigenvalue weighted by Gasteiger charge is 2.17. The van der Waals surface area contributed by atoms with Crippen molar-refractivity contribution >= 4 is 5.69 Å². The zero-order valence-electron chi connectivity index (χ0n) is 12.0. The standard InChI is InChI=1S/C17H27N/c1-3-5-6-16-7-9-17(10-8-16)18-13-11-15(4-2)12-14-18/h7-10,15H,3-6,11-14H2,1-2H3. The largest absolute Gasteiger partial charge is 0.372 e. The molecule has 0 aromatic heterocycles. The van der Waals surface area contributed by atoms with Crippen LogP contribution in [0.4, 0.5) is 5.69 Å². The molecule has 2 rings (SSSR count). The predicted molar refractivity (Wildman–Crippen MR) is 80.3 cm³/mol. The number of unbranched alkanes of at least 4 members (excludes halogenated alkanes) is 1. The van der Waals surface area contributed by atoms with Crippen LogP contribution in [-0.4, -0.2) is 13.1 Å². The quantitative estimate of drug-likeness (QED) is 0.729. The van der Waals surface area contributed by atoms with E-state index >= 15 is 0 Å². The van der Waals surface area contributed by atoms with Gasteiger partial charge in [-0.05, 0) is 49.3 Å². The van der Waals surface area contributed by atoms with Crippen LogP contribution in [0.15, 0.2) is 24.3 Å². The van der Waals surface area contributed by atoms with E-state index in [0.717, 1.165) is 5.92 Å². The van der Waals surface area contributed by atoms with Crippen LogP contribution in [-0.2, 0) is 6.42 Å². The number of nitrogens with zero attached hydrogens (tertiary/aromatic N) is 1. The smallest absolute Gasteiger partial charge is 0.0366 e. The first kappa shape index (κ1) is 13.5. The van der Waals surface area contributed by atoms with E-state index in [0.29, 0.717) is 0 Å². The summed E-state index contributed by atoms with van der Waals surface area (Å²) in [6, 6.07) is 9.27. The average molecular weight is 245 g/mol. The maximum Gasteiger partial charge on any atom is 0.0366 e. The molecule has 0 amide bonds. The minimum atomic E-state index is 0.963. The molecule has 0 atom stereocenters. The second-order valence-corrected chi connectivity index (χ2v) is 5.61. The summed E-state index contributed by atoms with van der Waals surface area (Å²) in [5.74, 6) is 0.963. The summed E-state index contributed by atoms with van der Waals surface area (Å²) in [4.78, 5) is 2.55. The van der Waals surface area contributed by atoms with E-state index in [1.165, 1.54) is 62.9 Å². The van der Waals surface area contributed by atoms with Gasteiger partial charge >= 0.3 is 0 Å². The van der Waals surface area contributed by atoms with Gasteiger partial charge in [0, 0.05) is 18.8 Å². The van der Waals surface area contributed by atoms with Crippen molar-refractivity contribution in [2.75, 3.05) is 18.0 Å². The van der Waals surface area contributed by atoms with Gasteiger partial charge in [-0.2, -0.15) is 0 Å². The molecule has 18 heavy (non-hydrogen) atoms. The third-order valence-electron chi connectivity index (χ3n) is 4.31. The van der Waals surface area contributed by atoms with Crippen molar-refractivity contribution in [2.45, 2.75) is 52.4 Å². The lowest BCUT2D eigenvalue weighted by molar-refractivity contribution is 0.395. The Morgan fingerprint density at radius 3 is 2.28 bits per heavy atom. The van der Waals surface area contributed by atoms with Gasteiger partial charge in [0.15, 0.2) is 0 Å². The Hall–Kier alpha value is -0.980. The summed E-state index contributed by atoms with van der Waals surface area (Å²) in [5, 5.41) is 0. The minimum absolute atomic E-state index is 0.963. The number of piperidine rings is 1. The number of hydrogen-bond donors (Lipinski definition) is 0. The molecule has 0 radical (unpaired) electrons. The van der Waals surface area contributed by atoms with Crippen LogP contribution in [0.25, 0.3) is 0 Å². The Labute approximate surface area is 112 Å². The summed E-state index contributed by atoms with van der Waals surface area (Å²) in [6.45, 7) is 7.06. The van der Waals surface area contributed by atoms with Crippen LogP contribution in [0.2, 0.25) is 0 Å². The Balaban J connectivity index is 1.89. The van der Waals surface area contributed by atoms with Gasteiger partial charge in [-0.1, -0.05) is 38.8 Å². The molecule has 1 saturated heterocycles. The van der Waals surface area contributed by atoms with E-state index in [2.05, 4.69) is 43.0 Å². The van der Waals surface area contributed by atoms with E-state index < -0.39 is 0 Å². The molecule has 0 aliphatic carbocycles. The van der Waals surface area contributed by atoms with Crippen LogP contribution in [0, 0.1) is 5.92 Å². The van der Waals surface area contributed by atoms with E-state index in [1.54, 1.807) is 0 Å². The van der Waals surface area contributed by atoms with Crippen molar-refractivity contribution in [3.8, 4) is 0 Å². The molecule has 1 aliphatic heterocycles. The Bertz CT molecular complexity index is 333. The van der Waals surface area contributed by atoms with E-state index in [1.807, 2.05) is 0 Å². The van der Waals surface area contributed by atoms with Crippen molar-refractivity contribution in [1.82, 2.24) is 0 Å². The maximum atomic E-state index is 2.55. The highest BCUT2D eigenvalue weighted by molar-refractivity contribution is 5.48. The van der Waals surface area contributed by atoms with Crippen LogP contribution in [0.1, 0.15) is 51.5 Å². The molecule has 0 spiro atoms. The van der Waals surface area contributed by atoms with Gasteiger partial charge in [-0.25, -0.2) is 0 Å². The normalized spacial score (nSPS) is 17.1. The third-order valence-corrected chi connectivity index (χ3v) is 4.31. The molecule has 0 unspecified atom stereocenters. The summed E-state index contributed by atoms with van der Waals surface area (Å²) in [7, 11) is 0. The number of aryl methyl sites for hydroxylation is 1. The minimum Gasteiger partial charge on any atom is -0.372 e. The van der Waals surface area contributed by atoms with E-state index in [-0.39, 0.29) is 0 Å². The lowest BCUT2D eigenvalue weighted by Gasteiger charge is -2.33. The maximum absolute atomic E-state index is 2.55. The molecule has 1 aromatic rings. The molecule has 0 bridgehead atoms. The van der Waals surface area contributed by atoms with Gasteiger partial charge in [0.1, 0.15) is 0 Å². The van der Waals surface area contributed by atoms with Crippen LogP contribution >= 0.6 is 0 Å². The second-order valence-electron chi connectivity index (χ2n) is 5.61. The first-order valence-corrected chi connectivity index (χ1v) is 7.67. The Kier molecular flexibility index (Phi) is 5.10. The molecule has 1 heteroatoms. The van der Waals surface area contributed by atoms with Gasteiger partial charge in [0.2, 0.25) is 0 Å². The monoisotopic (exact) mass is 245 g/mol. The van der Waals surface area contributed by atoms with Crippen molar-refractivity contribution in [1.29, 1.82) is 0 Å². The van der Waals surface area contributed by atoms with Crippen LogP contribution < -0.4 is 4.90 Å². The predicted octanol–water partition coefficient (Wildman–Crippen LogP) is 4.66. The molecule has 0 saturated carbocycles. The Morgan fingerprint density at radius 1 is 1.06 bits per heavy atom. The third kappa shape index (κ3) is 3.51. The lowest BCUT2D eigenvalue weighted by Crippen LogP contribution is -2.33. The molecule has 1 aromatic carbocycles. The second kappa shape index (κ2) is 6.82. The summed E-state index contributed by atoms with van der Waals surface area (Å²) in [6.07, 6.45) is 7.91. The summed E-state index contributed by atoms with van der Waals surface area (Å²) in [5.41, 5.74) is 2.91. The topological polar surface area (TPSA) is 3.24 Å². The van der Waals surface area contributed by atoms with Crippen LogP contribution in [0.5, 0.6) is 0 Å². The Morgan fingerprint density at radius 2 is 1.72 bits per heavy atom. The summed E-state index contributed by atoms with van der Waals surface area (Å²) >= 11 is 0. The first-order chi connectivity index (χ1) is 8.83. The van der Waals surface area contributed by atoms with Crippen molar-refractivity contribution in [3.63, 3.8) is 0 Å². The molecule has 1 fully saturated rings. The van der Waals surface area contributed by atoms with Gasteiger partial charge in [0.25, 0.3) is 0 Å². The zero-order chi connectivity index (χ0) is 12.8. The molecular weight excluding hydrogens is 218 g/mol. The highest BCUT2D eigenvalue weighted by atomic mass is 15.1. The van der Waals surface area contributed by atoms with Gasteiger partial charge in [-0.3, -0.25) is 0 Å². The molecule has 1 aliphatic rings. The van der Waals surface area contributed by atoms with E-state index in [9.17, 15) is 0 Å². The average Bonchev–Trinajstić information content (AvgIpc) is 2.46. The van der Waals surface area contributed by atoms with Gasteiger partial charge in [0.05, 0.1) is 0 Å².